The van der Waals surface area contributed by atoms with Gasteiger partial charge in [0.1, 0.15) is 0 Å². The van der Waals surface area contributed by atoms with Crippen molar-refractivity contribution >= 4 is 28.3 Å². The Balaban J connectivity index is 1.90. The van der Waals surface area contributed by atoms with Crippen LogP contribution < -0.4 is 16.0 Å². The Hall–Kier alpha value is -1.70. The molecular formula is C9H13N5O2S. The fourth-order valence-electron chi connectivity index (χ4n) is 1.52. The van der Waals surface area contributed by atoms with Crippen molar-refractivity contribution in [2.75, 3.05) is 18.9 Å². The molecule has 1 fully saturated rings. The predicted octanol–water partition coefficient (Wildman–Crippen LogP) is -0.412. The Morgan fingerprint density at radius 1 is 1.53 bits per heavy atom. The number of hydrogen-bond acceptors (Lipinski definition) is 6. The van der Waals surface area contributed by atoms with Crippen LogP contribution in [-0.2, 0) is 4.79 Å². The van der Waals surface area contributed by atoms with Crippen molar-refractivity contribution < 1.29 is 9.59 Å². The molecule has 17 heavy (non-hydrogen) atoms. The van der Waals surface area contributed by atoms with Crippen LogP contribution in [0.25, 0.3) is 0 Å². The second-order valence-corrected chi connectivity index (χ2v) is 4.65. The van der Waals surface area contributed by atoms with Gasteiger partial charge in [-0.2, -0.15) is 0 Å². The van der Waals surface area contributed by atoms with Crippen molar-refractivity contribution in [1.29, 1.82) is 0 Å². The molecule has 1 aromatic rings. The second kappa shape index (κ2) is 5.09. The third-order valence-corrected chi connectivity index (χ3v) is 3.37. The number of carbonyl (C=O) groups excluding carboxylic acids is 2. The Morgan fingerprint density at radius 3 is 2.94 bits per heavy atom. The minimum atomic E-state index is -0.245. The van der Waals surface area contributed by atoms with Crippen molar-refractivity contribution in [3.63, 3.8) is 0 Å². The highest BCUT2D eigenvalue weighted by Crippen LogP contribution is 2.14. The largest absolute Gasteiger partial charge is 0.363 e. The third-order valence-electron chi connectivity index (χ3n) is 2.43. The Kier molecular flexibility index (Phi) is 3.52. The maximum absolute atomic E-state index is 11.8. The SMILES string of the molecule is CNc1nnc(C(=O)NC2CCC(=O)NC2)s1. The van der Waals surface area contributed by atoms with Crippen LogP contribution in [0.3, 0.4) is 0 Å². The quantitative estimate of drug-likeness (QED) is 0.682. The van der Waals surface area contributed by atoms with Crippen LogP contribution in [-0.4, -0.2) is 41.6 Å². The fourth-order valence-corrected chi connectivity index (χ4v) is 2.12. The van der Waals surface area contributed by atoms with E-state index in [1.165, 1.54) is 11.3 Å². The number of nitrogens with zero attached hydrogens (tertiary/aromatic N) is 2. The van der Waals surface area contributed by atoms with Crippen molar-refractivity contribution in [3.8, 4) is 0 Å². The molecule has 1 aliphatic heterocycles. The van der Waals surface area contributed by atoms with Crippen molar-refractivity contribution in [1.82, 2.24) is 20.8 Å². The van der Waals surface area contributed by atoms with E-state index in [-0.39, 0.29) is 17.9 Å². The van der Waals surface area contributed by atoms with Crippen molar-refractivity contribution in [2.45, 2.75) is 18.9 Å². The molecule has 3 N–H and O–H groups in total. The number of anilines is 1. The molecular weight excluding hydrogens is 242 g/mol. The average Bonchev–Trinajstić information content (AvgIpc) is 2.81. The van der Waals surface area contributed by atoms with Gasteiger partial charge in [0, 0.05) is 26.1 Å². The van der Waals surface area contributed by atoms with Gasteiger partial charge in [-0.25, -0.2) is 0 Å². The van der Waals surface area contributed by atoms with Crippen LogP contribution in [0.15, 0.2) is 0 Å². The minimum Gasteiger partial charge on any atom is -0.363 e. The monoisotopic (exact) mass is 255 g/mol. The standard InChI is InChI=1S/C9H13N5O2S/c1-10-9-14-13-8(17-9)7(16)12-5-2-3-6(15)11-4-5/h5H,2-4H2,1H3,(H,10,14)(H,11,15)(H,12,16). The number of amides is 2. The number of carbonyl (C=O) groups is 2. The van der Waals surface area contributed by atoms with Gasteiger partial charge in [-0.3, -0.25) is 9.59 Å². The van der Waals surface area contributed by atoms with Gasteiger partial charge >= 0.3 is 0 Å². The molecule has 7 nitrogen and oxygen atoms in total. The molecule has 0 radical (unpaired) electrons. The van der Waals surface area contributed by atoms with E-state index in [0.29, 0.717) is 29.5 Å². The topological polar surface area (TPSA) is 96.0 Å². The molecule has 8 heteroatoms. The summed E-state index contributed by atoms with van der Waals surface area (Å²) in [6, 6.07) is -0.0258. The first kappa shape index (κ1) is 11.8. The molecule has 0 spiro atoms. The van der Waals surface area contributed by atoms with Gasteiger partial charge < -0.3 is 16.0 Å². The summed E-state index contributed by atoms with van der Waals surface area (Å²) < 4.78 is 0. The number of aromatic nitrogens is 2. The summed E-state index contributed by atoms with van der Waals surface area (Å²) >= 11 is 1.20. The van der Waals surface area contributed by atoms with Crippen LogP contribution >= 0.6 is 11.3 Å². The van der Waals surface area contributed by atoms with Crippen LogP contribution in [0.1, 0.15) is 22.6 Å². The molecule has 2 heterocycles. The highest BCUT2D eigenvalue weighted by molar-refractivity contribution is 7.17. The van der Waals surface area contributed by atoms with E-state index in [0.717, 1.165) is 0 Å². The molecule has 1 aliphatic rings. The van der Waals surface area contributed by atoms with Gasteiger partial charge in [0.15, 0.2) is 0 Å². The van der Waals surface area contributed by atoms with Crippen molar-refractivity contribution in [2.24, 2.45) is 0 Å². The van der Waals surface area contributed by atoms with E-state index in [9.17, 15) is 9.59 Å². The lowest BCUT2D eigenvalue weighted by atomic mass is 10.1. The zero-order chi connectivity index (χ0) is 12.3. The third kappa shape index (κ3) is 2.90. The summed E-state index contributed by atoms with van der Waals surface area (Å²) in [5, 5.41) is 16.8. The second-order valence-electron chi connectivity index (χ2n) is 3.68. The maximum Gasteiger partial charge on any atom is 0.282 e. The number of piperidine rings is 1. The Labute approximate surface area is 102 Å². The van der Waals surface area contributed by atoms with Gasteiger partial charge in [-0.05, 0) is 6.42 Å². The van der Waals surface area contributed by atoms with E-state index >= 15 is 0 Å². The Bertz CT molecular complexity index is 423. The highest BCUT2D eigenvalue weighted by atomic mass is 32.1. The Morgan fingerprint density at radius 2 is 2.35 bits per heavy atom. The van der Waals surface area contributed by atoms with Gasteiger partial charge in [0.05, 0.1) is 0 Å². The van der Waals surface area contributed by atoms with E-state index in [2.05, 4.69) is 26.1 Å². The lowest BCUT2D eigenvalue weighted by Crippen LogP contribution is -2.47. The first-order chi connectivity index (χ1) is 8.19. The molecule has 1 atom stereocenters. The van der Waals surface area contributed by atoms with Gasteiger partial charge in [-0.1, -0.05) is 11.3 Å². The molecule has 1 saturated heterocycles. The van der Waals surface area contributed by atoms with E-state index in [1.54, 1.807) is 7.05 Å². The van der Waals surface area contributed by atoms with Gasteiger partial charge in [0.25, 0.3) is 5.91 Å². The lowest BCUT2D eigenvalue weighted by molar-refractivity contribution is -0.122. The lowest BCUT2D eigenvalue weighted by Gasteiger charge is -2.22. The molecule has 0 aromatic carbocycles. The fraction of sp³-hybridized carbons (Fsp3) is 0.556. The highest BCUT2D eigenvalue weighted by Gasteiger charge is 2.21. The smallest absolute Gasteiger partial charge is 0.282 e. The summed E-state index contributed by atoms with van der Waals surface area (Å²) in [5.74, 6) is -0.214. The first-order valence-corrected chi connectivity index (χ1v) is 6.09. The predicted molar refractivity (Wildman–Crippen MR) is 63.0 cm³/mol. The number of hydrogen-bond donors (Lipinski definition) is 3. The molecule has 2 rings (SSSR count). The van der Waals surface area contributed by atoms with Crippen LogP contribution in [0.5, 0.6) is 0 Å². The molecule has 0 bridgehead atoms. The van der Waals surface area contributed by atoms with Crippen LogP contribution in [0, 0.1) is 0 Å². The maximum atomic E-state index is 11.8. The first-order valence-electron chi connectivity index (χ1n) is 5.28. The van der Waals surface area contributed by atoms with E-state index in [1.807, 2.05) is 0 Å². The van der Waals surface area contributed by atoms with Crippen LogP contribution in [0.4, 0.5) is 5.13 Å². The summed E-state index contributed by atoms with van der Waals surface area (Å²) in [6.07, 6.45) is 1.11. The molecule has 92 valence electrons. The summed E-state index contributed by atoms with van der Waals surface area (Å²) in [6.45, 7) is 0.474. The average molecular weight is 255 g/mol. The normalized spacial score (nSPS) is 19.6. The molecule has 1 unspecified atom stereocenters. The molecule has 0 saturated carbocycles. The van der Waals surface area contributed by atoms with Crippen LogP contribution in [0.2, 0.25) is 0 Å². The molecule has 1 aromatic heterocycles. The van der Waals surface area contributed by atoms with E-state index < -0.39 is 0 Å². The van der Waals surface area contributed by atoms with Crippen molar-refractivity contribution in [3.05, 3.63) is 5.01 Å². The minimum absolute atomic E-state index is 0.0258. The summed E-state index contributed by atoms with van der Waals surface area (Å²) in [5.41, 5.74) is 0. The molecule has 0 aliphatic carbocycles. The zero-order valence-corrected chi connectivity index (χ0v) is 10.1. The molecule has 2 amide bonds. The number of nitrogens with one attached hydrogen (secondary N) is 3. The summed E-state index contributed by atoms with van der Waals surface area (Å²) in [4.78, 5) is 22.7. The van der Waals surface area contributed by atoms with Gasteiger partial charge in [-0.15, -0.1) is 10.2 Å². The zero-order valence-electron chi connectivity index (χ0n) is 9.32. The van der Waals surface area contributed by atoms with E-state index in [4.69, 9.17) is 0 Å². The van der Waals surface area contributed by atoms with Gasteiger partial charge in [0.2, 0.25) is 16.0 Å². The number of rotatable bonds is 3. The summed E-state index contributed by atoms with van der Waals surface area (Å²) in [7, 11) is 1.72.